The van der Waals surface area contributed by atoms with Gasteiger partial charge in [0.1, 0.15) is 5.75 Å². The standard InChI is InChI=1S/C19H26O/c1-6-19(4,14-7-8-16(2)3)15-13-17-9-11-18(20-5)12-10-17/h6,8-13,15H,1,7,14H2,2-5H3. The van der Waals surface area contributed by atoms with Gasteiger partial charge in [-0.3, -0.25) is 0 Å². The SMILES string of the molecule is C=CC(C)(C=Cc1ccc(OC)cc1)CCC=C(C)C. The molecule has 0 fully saturated rings. The lowest BCUT2D eigenvalue weighted by Gasteiger charge is -2.20. The van der Waals surface area contributed by atoms with Crippen LogP contribution in [0.15, 0.2) is 54.6 Å². The lowest BCUT2D eigenvalue weighted by atomic mass is 9.84. The molecule has 0 aromatic heterocycles. The summed E-state index contributed by atoms with van der Waals surface area (Å²) in [4.78, 5) is 0. The fraction of sp³-hybridized carbons (Fsp3) is 0.368. The van der Waals surface area contributed by atoms with Crippen LogP contribution in [0, 0.1) is 5.41 Å². The van der Waals surface area contributed by atoms with Crippen molar-refractivity contribution in [2.45, 2.75) is 33.6 Å². The molecule has 1 aromatic carbocycles. The molecule has 0 N–H and O–H groups in total. The van der Waals surface area contributed by atoms with Gasteiger partial charge in [-0.25, -0.2) is 0 Å². The van der Waals surface area contributed by atoms with Crippen LogP contribution >= 0.6 is 0 Å². The highest BCUT2D eigenvalue weighted by Gasteiger charge is 2.14. The van der Waals surface area contributed by atoms with Crippen molar-refractivity contribution in [1.29, 1.82) is 0 Å². The number of benzene rings is 1. The fourth-order valence-electron chi connectivity index (χ4n) is 1.93. The van der Waals surface area contributed by atoms with Crippen molar-refractivity contribution in [3.8, 4) is 5.75 Å². The molecular formula is C19H26O. The molecule has 0 spiro atoms. The van der Waals surface area contributed by atoms with Crippen molar-refractivity contribution in [1.82, 2.24) is 0 Å². The van der Waals surface area contributed by atoms with E-state index in [4.69, 9.17) is 4.74 Å². The van der Waals surface area contributed by atoms with Gasteiger partial charge in [-0.2, -0.15) is 0 Å². The normalized spacial score (nSPS) is 13.8. The van der Waals surface area contributed by atoms with Gasteiger partial charge in [-0.15, -0.1) is 6.58 Å². The second-order valence-corrected chi connectivity index (χ2v) is 5.64. The molecule has 20 heavy (non-hydrogen) atoms. The van der Waals surface area contributed by atoms with E-state index in [-0.39, 0.29) is 5.41 Å². The van der Waals surface area contributed by atoms with Crippen LogP contribution in [0.2, 0.25) is 0 Å². The molecule has 1 unspecified atom stereocenters. The first-order chi connectivity index (χ1) is 9.49. The molecule has 1 heteroatoms. The van der Waals surface area contributed by atoms with Crippen LogP contribution < -0.4 is 4.74 Å². The summed E-state index contributed by atoms with van der Waals surface area (Å²) in [6.07, 6.45) is 10.9. The molecule has 0 aliphatic carbocycles. The maximum absolute atomic E-state index is 5.16. The maximum atomic E-state index is 5.16. The lowest BCUT2D eigenvalue weighted by Crippen LogP contribution is -2.08. The second kappa shape index (κ2) is 7.74. The van der Waals surface area contributed by atoms with Crippen LogP contribution in [0.3, 0.4) is 0 Å². The zero-order valence-corrected chi connectivity index (χ0v) is 13.1. The third-order valence-electron chi connectivity index (χ3n) is 3.47. The first-order valence-corrected chi connectivity index (χ1v) is 7.09. The summed E-state index contributed by atoms with van der Waals surface area (Å²) in [6, 6.07) is 8.09. The Morgan fingerprint density at radius 3 is 2.40 bits per heavy atom. The highest BCUT2D eigenvalue weighted by atomic mass is 16.5. The smallest absolute Gasteiger partial charge is 0.118 e. The van der Waals surface area contributed by atoms with E-state index in [0.717, 1.165) is 18.6 Å². The highest BCUT2D eigenvalue weighted by molar-refractivity contribution is 5.51. The predicted molar refractivity (Wildman–Crippen MR) is 89.0 cm³/mol. The topological polar surface area (TPSA) is 9.23 Å². The lowest BCUT2D eigenvalue weighted by molar-refractivity contribution is 0.415. The minimum absolute atomic E-state index is 0.0336. The van der Waals surface area contributed by atoms with E-state index in [9.17, 15) is 0 Å². The molecule has 0 saturated carbocycles. The quantitative estimate of drug-likeness (QED) is 0.582. The predicted octanol–water partition coefficient (Wildman–Crippen LogP) is 5.65. The Hall–Kier alpha value is -1.76. The van der Waals surface area contributed by atoms with Crippen molar-refractivity contribution in [3.63, 3.8) is 0 Å². The van der Waals surface area contributed by atoms with Gasteiger partial charge in [0.2, 0.25) is 0 Å². The number of allylic oxidation sites excluding steroid dienone is 4. The summed E-state index contributed by atoms with van der Waals surface area (Å²) < 4.78 is 5.16. The van der Waals surface area contributed by atoms with E-state index in [1.54, 1.807) is 7.11 Å². The minimum atomic E-state index is 0.0336. The Morgan fingerprint density at radius 1 is 1.25 bits per heavy atom. The summed E-state index contributed by atoms with van der Waals surface area (Å²) in [6.45, 7) is 10.5. The first kappa shape index (κ1) is 16.3. The van der Waals surface area contributed by atoms with Crippen molar-refractivity contribution in [3.05, 3.63) is 60.2 Å². The molecule has 0 aliphatic rings. The molecule has 1 rings (SSSR count). The third-order valence-corrected chi connectivity index (χ3v) is 3.47. The number of hydrogen-bond acceptors (Lipinski definition) is 1. The molecule has 0 radical (unpaired) electrons. The number of rotatable bonds is 7. The van der Waals surface area contributed by atoms with Crippen LogP contribution in [0.5, 0.6) is 5.75 Å². The van der Waals surface area contributed by atoms with Gasteiger partial charge in [0.25, 0.3) is 0 Å². The average Bonchev–Trinajstić information content (AvgIpc) is 2.45. The van der Waals surface area contributed by atoms with Crippen LogP contribution in [0.25, 0.3) is 6.08 Å². The van der Waals surface area contributed by atoms with E-state index < -0.39 is 0 Å². The largest absolute Gasteiger partial charge is 0.497 e. The van der Waals surface area contributed by atoms with E-state index in [1.165, 1.54) is 11.1 Å². The van der Waals surface area contributed by atoms with Crippen molar-refractivity contribution in [2.75, 3.05) is 7.11 Å². The Kier molecular flexibility index (Phi) is 6.30. The molecule has 0 amide bonds. The highest BCUT2D eigenvalue weighted by Crippen LogP contribution is 2.28. The van der Waals surface area contributed by atoms with E-state index >= 15 is 0 Å². The van der Waals surface area contributed by atoms with Crippen LogP contribution in [-0.2, 0) is 0 Å². The molecule has 1 atom stereocenters. The Balaban J connectivity index is 2.72. The second-order valence-electron chi connectivity index (χ2n) is 5.64. The van der Waals surface area contributed by atoms with Gasteiger partial charge in [-0.05, 0) is 44.4 Å². The van der Waals surface area contributed by atoms with Crippen LogP contribution in [0.4, 0.5) is 0 Å². The van der Waals surface area contributed by atoms with E-state index in [0.29, 0.717) is 0 Å². The molecule has 0 aliphatic heterocycles. The van der Waals surface area contributed by atoms with Crippen molar-refractivity contribution >= 4 is 6.08 Å². The van der Waals surface area contributed by atoms with Gasteiger partial charge in [-0.1, -0.05) is 48.9 Å². The van der Waals surface area contributed by atoms with Crippen LogP contribution in [-0.4, -0.2) is 7.11 Å². The van der Waals surface area contributed by atoms with Gasteiger partial charge in [0, 0.05) is 5.41 Å². The van der Waals surface area contributed by atoms with Gasteiger partial charge >= 0.3 is 0 Å². The number of ether oxygens (including phenoxy) is 1. The molecule has 0 bridgehead atoms. The Morgan fingerprint density at radius 2 is 1.90 bits per heavy atom. The third kappa shape index (κ3) is 5.48. The number of hydrogen-bond donors (Lipinski definition) is 0. The van der Waals surface area contributed by atoms with E-state index in [1.807, 2.05) is 18.2 Å². The van der Waals surface area contributed by atoms with Gasteiger partial charge in [0.15, 0.2) is 0 Å². The molecule has 1 nitrogen and oxygen atoms in total. The molecule has 0 heterocycles. The zero-order chi connectivity index (χ0) is 15.0. The molecule has 108 valence electrons. The summed E-state index contributed by atoms with van der Waals surface area (Å²) >= 11 is 0. The summed E-state index contributed by atoms with van der Waals surface area (Å²) in [5, 5.41) is 0. The van der Waals surface area contributed by atoms with Crippen LogP contribution in [0.1, 0.15) is 39.2 Å². The summed E-state index contributed by atoms with van der Waals surface area (Å²) in [5.41, 5.74) is 2.59. The average molecular weight is 270 g/mol. The minimum Gasteiger partial charge on any atom is -0.497 e. The first-order valence-electron chi connectivity index (χ1n) is 7.09. The van der Waals surface area contributed by atoms with Gasteiger partial charge in [0.05, 0.1) is 7.11 Å². The summed E-state index contributed by atoms with van der Waals surface area (Å²) in [5.74, 6) is 0.886. The van der Waals surface area contributed by atoms with Crippen molar-refractivity contribution < 1.29 is 4.74 Å². The van der Waals surface area contributed by atoms with Crippen molar-refractivity contribution in [2.24, 2.45) is 5.41 Å². The fourth-order valence-corrected chi connectivity index (χ4v) is 1.93. The van der Waals surface area contributed by atoms with Gasteiger partial charge < -0.3 is 4.74 Å². The zero-order valence-electron chi connectivity index (χ0n) is 13.1. The summed E-state index contributed by atoms with van der Waals surface area (Å²) in [7, 11) is 1.68. The Labute approximate surface area is 123 Å². The monoisotopic (exact) mass is 270 g/mol. The molecular weight excluding hydrogens is 244 g/mol. The maximum Gasteiger partial charge on any atom is 0.118 e. The molecule has 1 aromatic rings. The van der Waals surface area contributed by atoms with E-state index in [2.05, 4.69) is 57.7 Å². The Bertz CT molecular complexity index is 475. The number of methoxy groups -OCH3 is 1. The molecule has 0 saturated heterocycles.